The highest BCUT2D eigenvalue weighted by atomic mass is 32.1. The van der Waals surface area contributed by atoms with Gasteiger partial charge in [-0.05, 0) is 18.2 Å². The molecule has 0 saturated carbocycles. The van der Waals surface area contributed by atoms with E-state index in [1.54, 1.807) is 24.3 Å². The Hall–Kier alpha value is -3.19. The van der Waals surface area contributed by atoms with Gasteiger partial charge in [0.05, 0.1) is 18.4 Å². The fourth-order valence-corrected chi connectivity index (χ4v) is 2.93. The topological polar surface area (TPSA) is 77.5 Å². The van der Waals surface area contributed by atoms with Crippen molar-refractivity contribution in [3.63, 3.8) is 0 Å². The third-order valence-electron chi connectivity index (χ3n) is 3.46. The number of nitrogens with one attached hydrogen (secondary N) is 1. The van der Waals surface area contributed by atoms with Crippen LogP contribution in [-0.4, -0.2) is 30.6 Å². The average Bonchev–Trinajstić information content (AvgIpc) is 3.15. The molecule has 1 amide bonds. The molecule has 1 heterocycles. The Labute approximate surface area is 154 Å². The highest BCUT2D eigenvalue weighted by molar-refractivity contribution is 7.14. The molecule has 0 unspecified atom stereocenters. The summed E-state index contributed by atoms with van der Waals surface area (Å²) in [6.07, 6.45) is 0. The van der Waals surface area contributed by atoms with Crippen molar-refractivity contribution in [1.29, 1.82) is 0 Å². The van der Waals surface area contributed by atoms with Gasteiger partial charge in [0.2, 0.25) is 0 Å². The summed E-state index contributed by atoms with van der Waals surface area (Å²) in [6, 6.07) is 16.2. The Bertz CT molecular complexity index is 909. The van der Waals surface area contributed by atoms with Crippen LogP contribution in [0.15, 0.2) is 60.0 Å². The van der Waals surface area contributed by atoms with E-state index in [1.807, 2.05) is 35.7 Å². The predicted octanol–water partition coefficient (Wildman–Crippen LogP) is 3.61. The number of aromatic nitrogens is 1. The molecule has 1 N–H and O–H groups in total. The fourth-order valence-electron chi connectivity index (χ4n) is 2.19. The number of ether oxygens (including phenoxy) is 2. The molecule has 132 valence electrons. The molecule has 3 rings (SSSR count). The number of methoxy groups -OCH3 is 1. The van der Waals surface area contributed by atoms with Crippen LogP contribution in [0.2, 0.25) is 0 Å². The molecule has 0 aliphatic rings. The first-order valence-corrected chi connectivity index (χ1v) is 8.65. The van der Waals surface area contributed by atoms with Crippen molar-refractivity contribution in [2.45, 2.75) is 0 Å². The lowest BCUT2D eigenvalue weighted by Crippen LogP contribution is -2.20. The fraction of sp³-hybridized carbons (Fsp3) is 0.105. The number of carbonyl (C=O) groups is 2. The Morgan fingerprint density at radius 1 is 1.12 bits per heavy atom. The van der Waals surface area contributed by atoms with E-state index in [2.05, 4.69) is 10.3 Å². The number of nitrogens with zero attached hydrogens (tertiary/aromatic N) is 1. The Morgan fingerprint density at radius 3 is 2.69 bits per heavy atom. The zero-order valence-corrected chi connectivity index (χ0v) is 14.8. The number of hydrogen-bond donors (Lipinski definition) is 1. The van der Waals surface area contributed by atoms with Crippen molar-refractivity contribution in [1.82, 2.24) is 4.98 Å². The second kappa shape index (κ2) is 8.26. The maximum atomic E-state index is 12.0. The highest BCUT2D eigenvalue weighted by Gasteiger charge is 2.12. The molecular formula is C19H16N2O4S. The van der Waals surface area contributed by atoms with Gasteiger partial charge in [0.25, 0.3) is 5.91 Å². The zero-order valence-electron chi connectivity index (χ0n) is 14.0. The van der Waals surface area contributed by atoms with E-state index in [0.29, 0.717) is 16.4 Å². The Balaban J connectivity index is 1.54. The number of anilines is 1. The van der Waals surface area contributed by atoms with Crippen LogP contribution in [0.4, 0.5) is 5.13 Å². The Morgan fingerprint density at radius 2 is 1.92 bits per heavy atom. The molecule has 0 aliphatic carbocycles. The molecule has 0 spiro atoms. The lowest BCUT2D eigenvalue weighted by atomic mass is 10.2. The van der Waals surface area contributed by atoms with Gasteiger partial charge in [-0.25, -0.2) is 9.78 Å². The van der Waals surface area contributed by atoms with Gasteiger partial charge in [-0.3, -0.25) is 10.1 Å². The lowest BCUT2D eigenvalue weighted by Gasteiger charge is -2.06. The second-order valence-electron chi connectivity index (χ2n) is 5.26. The summed E-state index contributed by atoms with van der Waals surface area (Å²) in [6.45, 7) is -0.393. The van der Waals surface area contributed by atoms with Crippen LogP contribution in [0.1, 0.15) is 10.4 Å². The van der Waals surface area contributed by atoms with E-state index in [4.69, 9.17) is 9.47 Å². The first-order valence-electron chi connectivity index (χ1n) is 7.77. The van der Waals surface area contributed by atoms with Gasteiger partial charge in [0, 0.05) is 10.9 Å². The number of amides is 1. The predicted molar refractivity (Wildman–Crippen MR) is 99.5 cm³/mol. The first-order chi connectivity index (χ1) is 12.7. The van der Waals surface area contributed by atoms with Crippen LogP contribution in [0.3, 0.4) is 0 Å². The van der Waals surface area contributed by atoms with Gasteiger partial charge in [0.1, 0.15) is 5.75 Å². The van der Waals surface area contributed by atoms with Gasteiger partial charge < -0.3 is 9.47 Å². The van der Waals surface area contributed by atoms with Gasteiger partial charge in [0.15, 0.2) is 11.7 Å². The maximum Gasteiger partial charge on any atom is 0.338 e. The second-order valence-corrected chi connectivity index (χ2v) is 6.12. The third kappa shape index (κ3) is 4.46. The molecular weight excluding hydrogens is 352 g/mol. The van der Waals surface area contributed by atoms with Crippen LogP contribution in [0.5, 0.6) is 5.75 Å². The normalized spacial score (nSPS) is 10.2. The molecule has 0 atom stereocenters. The van der Waals surface area contributed by atoms with Crippen LogP contribution in [0, 0.1) is 0 Å². The van der Waals surface area contributed by atoms with E-state index in [9.17, 15) is 9.59 Å². The summed E-state index contributed by atoms with van der Waals surface area (Å²) in [5.74, 6) is -0.501. The van der Waals surface area contributed by atoms with E-state index in [0.717, 1.165) is 11.3 Å². The van der Waals surface area contributed by atoms with Crippen molar-refractivity contribution >= 4 is 28.3 Å². The summed E-state index contributed by atoms with van der Waals surface area (Å²) in [4.78, 5) is 28.3. The van der Waals surface area contributed by atoms with Gasteiger partial charge in [-0.15, -0.1) is 11.3 Å². The summed E-state index contributed by atoms with van der Waals surface area (Å²) < 4.78 is 10.1. The van der Waals surface area contributed by atoms with Crippen LogP contribution < -0.4 is 10.1 Å². The smallest absolute Gasteiger partial charge is 0.338 e. The summed E-state index contributed by atoms with van der Waals surface area (Å²) >= 11 is 1.31. The largest absolute Gasteiger partial charge is 0.497 e. The minimum atomic E-state index is -0.594. The van der Waals surface area contributed by atoms with Gasteiger partial charge >= 0.3 is 5.97 Å². The molecule has 2 aromatic carbocycles. The van der Waals surface area contributed by atoms with E-state index in [-0.39, 0.29) is 0 Å². The molecule has 26 heavy (non-hydrogen) atoms. The minimum absolute atomic E-state index is 0.317. The maximum absolute atomic E-state index is 12.0. The molecule has 0 fully saturated rings. The van der Waals surface area contributed by atoms with Crippen molar-refractivity contribution in [2.75, 3.05) is 19.0 Å². The molecule has 0 radical (unpaired) electrons. The SMILES string of the molecule is COc1cccc(C(=O)OCC(=O)Nc2nc(-c3ccccc3)cs2)c1. The van der Waals surface area contributed by atoms with Crippen molar-refractivity contribution in [3.05, 3.63) is 65.5 Å². The molecule has 0 saturated heterocycles. The number of esters is 1. The van der Waals surface area contributed by atoms with Crippen molar-refractivity contribution in [2.24, 2.45) is 0 Å². The summed E-state index contributed by atoms with van der Waals surface area (Å²) in [5.41, 5.74) is 2.06. The Kier molecular flexibility index (Phi) is 5.60. The number of thiazole rings is 1. The molecule has 3 aromatic rings. The molecule has 1 aromatic heterocycles. The standard InChI is InChI=1S/C19H16N2O4S/c1-24-15-9-5-8-14(10-15)18(23)25-11-17(22)21-19-20-16(12-26-19)13-6-3-2-4-7-13/h2-10,12H,11H2,1H3,(H,20,21,22). The molecule has 7 heteroatoms. The average molecular weight is 368 g/mol. The third-order valence-corrected chi connectivity index (χ3v) is 4.22. The summed E-state index contributed by atoms with van der Waals surface area (Å²) in [5, 5.41) is 4.93. The van der Waals surface area contributed by atoms with Crippen LogP contribution in [0.25, 0.3) is 11.3 Å². The quantitative estimate of drug-likeness (QED) is 0.673. The zero-order chi connectivity index (χ0) is 18.4. The van der Waals surface area contributed by atoms with Crippen molar-refractivity contribution < 1.29 is 19.1 Å². The first kappa shape index (κ1) is 17.6. The van der Waals surface area contributed by atoms with E-state index in [1.165, 1.54) is 18.4 Å². The number of benzene rings is 2. The number of carbonyl (C=O) groups excluding carboxylic acids is 2. The molecule has 6 nitrogen and oxygen atoms in total. The lowest BCUT2D eigenvalue weighted by molar-refractivity contribution is -0.119. The van der Waals surface area contributed by atoms with E-state index < -0.39 is 18.5 Å². The molecule has 0 aliphatic heterocycles. The van der Waals surface area contributed by atoms with Crippen LogP contribution in [-0.2, 0) is 9.53 Å². The molecule has 0 bridgehead atoms. The van der Waals surface area contributed by atoms with E-state index >= 15 is 0 Å². The summed E-state index contributed by atoms with van der Waals surface area (Å²) in [7, 11) is 1.51. The highest BCUT2D eigenvalue weighted by Crippen LogP contribution is 2.24. The minimum Gasteiger partial charge on any atom is -0.497 e. The van der Waals surface area contributed by atoms with Gasteiger partial charge in [-0.1, -0.05) is 36.4 Å². The van der Waals surface area contributed by atoms with Crippen LogP contribution >= 0.6 is 11.3 Å². The van der Waals surface area contributed by atoms with Crippen molar-refractivity contribution in [3.8, 4) is 17.0 Å². The van der Waals surface area contributed by atoms with Gasteiger partial charge in [-0.2, -0.15) is 0 Å². The number of rotatable bonds is 6. The monoisotopic (exact) mass is 368 g/mol. The number of hydrogen-bond acceptors (Lipinski definition) is 6.